The van der Waals surface area contributed by atoms with Gasteiger partial charge < -0.3 is 15.6 Å². The summed E-state index contributed by atoms with van der Waals surface area (Å²) in [5.41, 5.74) is 8.43. The smallest absolute Gasteiger partial charge is 0.270 e. The van der Waals surface area contributed by atoms with Crippen LogP contribution in [-0.4, -0.2) is 34.9 Å². The van der Waals surface area contributed by atoms with Crippen molar-refractivity contribution in [1.82, 2.24) is 9.88 Å². The van der Waals surface area contributed by atoms with Crippen molar-refractivity contribution in [1.29, 1.82) is 0 Å². The van der Waals surface area contributed by atoms with Gasteiger partial charge in [-0.25, -0.2) is 0 Å². The second-order valence-electron chi connectivity index (χ2n) is 5.18. The van der Waals surface area contributed by atoms with Crippen LogP contribution in [0.25, 0.3) is 11.3 Å². The Labute approximate surface area is 130 Å². The average molecular weight is 306 g/mol. The number of H-pyrrole nitrogens is 1. The number of likely N-dealkylation sites (tertiary alicyclic amines) is 1. The Bertz CT molecular complexity index is 597. The van der Waals surface area contributed by atoms with Gasteiger partial charge in [0.25, 0.3) is 5.91 Å². The molecule has 3 rings (SSSR count). The summed E-state index contributed by atoms with van der Waals surface area (Å²) < 4.78 is 0. The van der Waals surface area contributed by atoms with E-state index in [2.05, 4.69) is 4.98 Å². The second kappa shape index (κ2) is 6.78. The quantitative estimate of drug-likeness (QED) is 0.916. The van der Waals surface area contributed by atoms with Gasteiger partial charge >= 0.3 is 0 Å². The molecule has 0 bridgehead atoms. The number of nitrogens with zero attached hydrogens (tertiary/aromatic N) is 1. The van der Waals surface area contributed by atoms with Crippen molar-refractivity contribution in [2.75, 3.05) is 13.1 Å². The molecule has 0 aliphatic carbocycles. The molecule has 1 aromatic heterocycles. The van der Waals surface area contributed by atoms with Crippen LogP contribution < -0.4 is 5.73 Å². The van der Waals surface area contributed by atoms with Gasteiger partial charge in [-0.15, -0.1) is 12.4 Å². The first kappa shape index (κ1) is 15.6. The van der Waals surface area contributed by atoms with Gasteiger partial charge in [0, 0.05) is 24.8 Å². The lowest BCUT2D eigenvalue weighted by molar-refractivity contribution is 0.0736. The number of nitrogens with one attached hydrogen (secondary N) is 1. The van der Waals surface area contributed by atoms with Gasteiger partial charge in [0.2, 0.25) is 0 Å². The molecule has 1 amide bonds. The minimum absolute atomic E-state index is 0. The third kappa shape index (κ3) is 3.12. The second-order valence-corrected chi connectivity index (χ2v) is 5.18. The van der Waals surface area contributed by atoms with Gasteiger partial charge in [-0.05, 0) is 30.5 Å². The highest BCUT2D eigenvalue weighted by molar-refractivity contribution is 5.93. The maximum Gasteiger partial charge on any atom is 0.270 e. The Hall–Kier alpha value is -1.78. The standard InChI is InChI=1S/C16H19N3O.ClH/c17-11-13-7-4-10-19(13)16(20)15-9-8-14(18-15)12-5-2-1-3-6-12;/h1-3,5-6,8-9,13,18H,4,7,10-11,17H2;1H. The summed E-state index contributed by atoms with van der Waals surface area (Å²) in [6.07, 6.45) is 2.05. The predicted octanol–water partition coefficient (Wildman–Crippen LogP) is 2.67. The Morgan fingerprint density at radius 1 is 1.24 bits per heavy atom. The molecule has 1 fully saturated rings. The number of benzene rings is 1. The SMILES string of the molecule is Cl.NCC1CCCN1C(=O)c1ccc(-c2ccccc2)[nH]1. The zero-order chi connectivity index (χ0) is 13.9. The van der Waals surface area contributed by atoms with Crippen molar-refractivity contribution >= 4 is 18.3 Å². The van der Waals surface area contributed by atoms with Crippen molar-refractivity contribution in [2.24, 2.45) is 5.73 Å². The van der Waals surface area contributed by atoms with E-state index in [0.717, 1.165) is 30.6 Å². The van der Waals surface area contributed by atoms with E-state index in [0.29, 0.717) is 12.2 Å². The summed E-state index contributed by atoms with van der Waals surface area (Å²) >= 11 is 0. The number of nitrogens with two attached hydrogens (primary N) is 1. The molecule has 0 spiro atoms. The molecular weight excluding hydrogens is 286 g/mol. The van der Waals surface area contributed by atoms with Crippen molar-refractivity contribution in [2.45, 2.75) is 18.9 Å². The number of aromatic amines is 1. The fourth-order valence-corrected chi connectivity index (χ4v) is 2.81. The number of hydrogen-bond acceptors (Lipinski definition) is 2. The third-order valence-electron chi connectivity index (χ3n) is 3.91. The van der Waals surface area contributed by atoms with Crippen LogP contribution in [0.4, 0.5) is 0 Å². The molecule has 3 N–H and O–H groups in total. The minimum Gasteiger partial charge on any atom is -0.351 e. The first-order chi connectivity index (χ1) is 9.79. The van der Waals surface area contributed by atoms with Gasteiger partial charge in [-0.2, -0.15) is 0 Å². The van der Waals surface area contributed by atoms with E-state index >= 15 is 0 Å². The molecule has 2 heterocycles. The summed E-state index contributed by atoms with van der Waals surface area (Å²) in [6.45, 7) is 1.35. The molecule has 5 heteroatoms. The van der Waals surface area contributed by atoms with Gasteiger partial charge in [-0.1, -0.05) is 30.3 Å². The normalized spacial score (nSPS) is 17.6. The van der Waals surface area contributed by atoms with E-state index < -0.39 is 0 Å². The summed E-state index contributed by atoms with van der Waals surface area (Å²) in [6, 6.07) is 14.0. The molecule has 21 heavy (non-hydrogen) atoms. The maximum absolute atomic E-state index is 12.5. The lowest BCUT2D eigenvalue weighted by atomic mass is 10.2. The van der Waals surface area contributed by atoms with Gasteiger partial charge in [-0.3, -0.25) is 4.79 Å². The summed E-state index contributed by atoms with van der Waals surface area (Å²) in [5, 5.41) is 0. The molecular formula is C16H20ClN3O. The van der Waals surface area contributed by atoms with E-state index in [9.17, 15) is 4.79 Å². The van der Waals surface area contributed by atoms with Crippen LogP contribution in [0, 0.1) is 0 Å². The molecule has 2 aromatic rings. The molecule has 1 atom stereocenters. The van der Waals surface area contributed by atoms with E-state index in [1.165, 1.54) is 0 Å². The Morgan fingerprint density at radius 2 is 2.00 bits per heavy atom. The van der Waals surface area contributed by atoms with E-state index in [1.54, 1.807) is 0 Å². The fourth-order valence-electron chi connectivity index (χ4n) is 2.81. The van der Waals surface area contributed by atoms with E-state index in [-0.39, 0.29) is 24.4 Å². The van der Waals surface area contributed by atoms with Crippen molar-refractivity contribution < 1.29 is 4.79 Å². The van der Waals surface area contributed by atoms with Gasteiger partial charge in [0.1, 0.15) is 5.69 Å². The lowest BCUT2D eigenvalue weighted by Gasteiger charge is -2.22. The van der Waals surface area contributed by atoms with Crippen LogP contribution in [0.1, 0.15) is 23.3 Å². The fraction of sp³-hybridized carbons (Fsp3) is 0.312. The largest absolute Gasteiger partial charge is 0.351 e. The summed E-state index contributed by atoms with van der Waals surface area (Å²) in [4.78, 5) is 17.6. The van der Waals surface area contributed by atoms with Crippen LogP contribution in [-0.2, 0) is 0 Å². The van der Waals surface area contributed by atoms with Crippen LogP contribution in [0.5, 0.6) is 0 Å². The van der Waals surface area contributed by atoms with Crippen molar-refractivity contribution in [3.63, 3.8) is 0 Å². The summed E-state index contributed by atoms with van der Waals surface area (Å²) in [5.74, 6) is 0.0557. The molecule has 1 aromatic carbocycles. The van der Waals surface area contributed by atoms with E-state index in [4.69, 9.17) is 5.73 Å². The van der Waals surface area contributed by atoms with Crippen LogP contribution in [0.15, 0.2) is 42.5 Å². The first-order valence-corrected chi connectivity index (χ1v) is 7.05. The number of amides is 1. The molecule has 1 aliphatic heterocycles. The topological polar surface area (TPSA) is 62.1 Å². The Balaban J connectivity index is 0.00000161. The highest BCUT2D eigenvalue weighted by atomic mass is 35.5. The number of aromatic nitrogens is 1. The molecule has 0 saturated carbocycles. The number of hydrogen-bond donors (Lipinski definition) is 2. The van der Waals surface area contributed by atoms with Crippen LogP contribution in [0.3, 0.4) is 0 Å². The number of rotatable bonds is 3. The Kier molecular flexibility index (Phi) is 5.04. The molecule has 4 nitrogen and oxygen atoms in total. The van der Waals surface area contributed by atoms with Gasteiger partial charge in [0.05, 0.1) is 0 Å². The van der Waals surface area contributed by atoms with Gasteiger partial charge in [0.15, 0.2) is 0 Å². The highest BCUT2D eigenvalue weighted by Gasteiger charge is 2.28. The van der Waals surface area contributed by atoms with E-state index in [1.807, 2.05) is 47.4 Å². The predicted molar refractivity (Wildman–Crippen MR) is 86.6 cm³/mol. The monoisotopic (exact) mass is 305 g/mol. The lowest BCUT2D eigenvalue weighted by Crippen LogP contribution is -2.40. The summed E-state index contributed by atoms with van der Waals surface area (Å²) in [7, 11) is 0. The zero-order valence-corrected chi connectivity index (χ0v) is 12.6. The molecule has 0 radical (unpaired) electrons. The number of carbonyl (C=O) groups is 1. The molecule has 1 unspecified atom stereocenters. The maximum atomic E-state index is 12.5. The molecule has 112 valence electrons. The number of halogens is 1. The molecule has 1 aliphatic rings. The van der Waals surface area contributed by atoms with Crippen molar-refractivity contribution in [3.05, 3.63) is 48.2 Å². The first-order valence-electron chi connectivity index (χ1n) is 7.05. The Morgan fingerprint density at radius 3 is 2.71 bits per heavy atom. The molecule has 1 saturated heterocycles. The zero-order valence-electron chi connectivity index (χ0n) is 11.8. The average Bonchev–Trinajstić information content (AvgIpc) is 3.16. The third-order valence-corrected chi connectivity index (χ3v) is 3.91. The number of carbonyl (C=O) groups excluding carboxylic acids is 1. The minimum atomic E-state index is 0. The van der Waals surface area contributed by atoms with Crippen LogP contribution >= 0.6 is 12.4 Å². The van der Waals surface area contributed by atoms with Crippen LogP contribution in [0.2, 0.25) is 0 Å². The highest BCUT2D eigenvalue weighted by Crippen LogP contribution is 2.22. The van der Waals surface area contributed by atoms with Crippen molar-refractivity contribution in [3.8, 4) is 11.3 Å².